The fraction of sp³-hybridized carbons (Fsp3) is 0.0952. The van der Waals surface area contributed by atoms with Gasteiger partial charge in [-0.3, -0.25) is 9.78 Å². The highest BCUT2D eigenvalue weighted by Crippen LogP contribution is 2.19. The number of carbonyl (C=O) groups is 1. The molecule has 4 heteroatoms. The molecule has 0 saturated heterocycles. The third-order valence-corrected chi connectivity index (χ3v) is 4.08. The first-order valence-corrected chi connectivity index (χ1v) is 7.92. The largest absolute Gasteiger partial charge is 0.322 e. The molecule has 0 saturated carbocycles. The predicted molar refractivity (Wildman–Crippen MR) is 98.3 cm³/mol. The molecule has 0 radical (unpaired) electrons. The smallest absolute Gasteiger partial charge is 0.257 e. The number of pyridine rings is 1. The maximum atomic E-state index is 12.4. The van der Waals surface area contributed by atoms with Gasteiger partial charge in [0.2, 0.25) is 0 Å². The Hall–Kier alpha value is -3.45. The summed E-state index contributed by atoms with van der Waals surface area (Å²) in [6.07, 6.45) is 1.55. The van der Waals surface area contributed by atoms with Crippen LogP contribution in [0.25, 0.3) is 11.3 Å². The Labute approximate surface area is 146 Å². The molecule has 1 N–H and O–H groups in total. The molecule has 1 heterocycles. The van der Waals surface area contributed by atoms with Crippen molar-refractivity contribution >= 4 is 11.6 Å². The zero-order valence-electron chi connectivity index (χ0n) is 14.1. The number of nitriles is 1. The highest BCUT2D eigenvalue weighted by Gasteiger charge is 2.08. The summed E-state index contributed by atoms with van der Waals surface area (Å²) in [4.78, 5) is 16.7. The molecule has 2 aromatic carbocycles. The van der Waals surface area contributed by atoms with Gasteiger partial charge in [0, 0.05) is 17.4 Å². The van der Waals surface area contributed by atoms with Crippen LogP contribution >= 0.6 is 0 Å². The first-order valence-electron chi connectivity index (χ1n) is 7.92. The lowest BCUT2D eigenvalue weighted by molar-refractivity contribution is 0.102. The molecule has 0 fully saturated rings. The van der Waals surface area contributed by atoms with Crippen molar-refractivity contribution in [2.24, 2.45) is 0 Å². The second-order valence-electron chi connectivity index (χ2n) is 5.88. The Morgan fingerprint density at radius 2 is 1.88 bits per heavy atom. The van der Waals surface area contributed by atoms with E-state index in [0.29, 0.717) is 11.1 Å². The summed E-state index contributed by atoms with van der Waals surface area (Å²) >= 11 is 0. The molecule has 0 aliphatic carbocycles. The van der Waals surface area contributed by atoms with Gasteiger partial charge in [-0.25, -0.2) is 0 Å². The number of nitrogens with one attached hydrogen (secondary N) is 1. The van der Waals surface area contributed by atoms with Crippen molar-refractivity contribution in [3.63, 3.8) is 0 Å². The van der Waals surface area contributed by atoms with E-state index in [0.717, 1.165) is 22.5 Å². The lowest BCUT2D eigenvalue weighted by Gasteiger charge is -2.08. The zero-order chi connectivity index (χ0) is 17.8. The van der Waals surface area contributed by atoms with Gasteiger partial charge in [0.1, 0.15) is 0 Å². The summed E-state index contributed by atoms with van der Waals surface area (Å²) in [5.41, 5.74) is 5.71. The van der Waals surface area contributed by atoms with Crippen molar-refractivity contribution in [1.82, 2.24) is 4.98 Å². The molecule has 0 bridgehead atoms. The van der Waals surface area contributed by atoms with Gasteiger partial charge < -0.3 is 5.32 Å². The number of benzene rings is 2. The van der Waals surface area contributed by atoms with E-state index in [1.165, 1.54) is 5.56 Å². The molecule has 0 unspecified atom stereocenters. The van der Waals surface area contributed by atoms with Crippen LogP contribution in [0, 0.1) is 25.2 Å². The minimum atomic E-state index is -0.201. The Bertz CT molecular complexity index is 969. The first-order chi connectivity index (χ1) is 12.1. The van der Waals surface area contributed by atoms with Gasteiger partial charge in [0.25, 0.3) is 5.91 Å². The Morgan fingerprint density at radius 1 is 1.04 bits per heavy atom. The number of aromatic nitrogens is 1. The second-order valence-corrected chi connectivity index (χ2v) is 5.88. The Balaban J connectivity index is 1.78. The SMILES string of the molecule is Cc1ccc(NC(=O)c2ccc(-c3cccc(C#N)c3)nc2)cc1C. The van der Waals surface area contributed by atoms with Crippen molar-refractivity contribution < 1.29 is 4.79 Å². The molecule has 0 spiro atoms. The number of rotatable bonds is 3. The topological polar surface area (TPSA) is 65.8 Å². The summed E-state index contributed by atoms with van der Waals surface area (Å²) in [6.45, 7) is 4.04. The van der Waals surface area contributed by atoms with Crippen LogP contribution in [0.2, 0.25) is 0 Å². The van der Waals surface area contributed by atoms with E-state index in [-0.39, 0.29) is 5.91 Å². The van der Waals surface area contributed by atoms with E-state index in [1.807, 2.05) is 44.2 Å². The van der Waals surface area contributed by atoms with Crippen LogP contribution in [-0.4, -0.2) is 10.9 Å². The van der Waals surface area contributed by atoms with Crippen LogP contribution < -0.4 is 5.32 Å². The number of amides is 1. The molecular weight excluding hydrogens is 310 g/mol. The summed E-state index contributed by atoms with van der Waals surface area (Å²) in [6, 6.07) is 18.7. The molecule has 3 aromatic rings. The van der Waals surface area contributed by atoms with Gasteiger partial charge >= 0.3 is 0 Å². The predicted octanol–water partition coefficient (Wildman–Crippen LogP) is 4.49. The standard InChI is InChI=1S/C21H17N3O/c1-14-6-8-19(10-15(14)2)24-21(25)18-7-9-20(23-13-18)17-5-3-4-16(11-17)12-22/h3-11,13H,1-2H3,(H,24,25). The van der Waals surface area contributed by atoms with Gasteiger partial charge in [-0.05, 0) is 61.4 Å². The van der Waals surface area contributed by atoms with Crippen molar-refractivity contribution in [2.45, 2.75) is 13.8 Å². The summed E-state index contributed by atoms with van der Waals surface area (Å²) < 4.78 is 0. The first kappa shape index (κ1) is 16.4. The Morgan fingerprint density at radius 3 is 2.56 bits per heavy atom. The lowest BCUT2D eigenvalue weighted by atomic mass is 10.1. The van der Waals surface area contributed by atoms with Crippen LogP contribution in [0.5, 0.6) is 0 Å². The number of carbonyl (C=O) groups excluding carboxylic acids is 1. The monoisotopic (exact) mass is 327 g/mol. The number of hydrogen-bond acceptors (Lipinski definition) is 3. The van der Waals surface area contributed by atoms with E-state index in [2.05, 4.69) is 16.4 Å². The van der Waals surface area contributed by atoms with Crippen molar-refractivity contribution in [3.05, 3.63) is 83.0 Å². The van der Waals surface area contributed by atoms with E-state index in [9.17, 15) is 4.79 Å². The van der Waals surface area contributed by atoms with Crippen LogP contribution in [0.1, 0.15) is 27.0 Å². The molecule has 3 rings (SSSR count). The molecular formula is C21H17N3O. The number of anilines is 1. The fourth-order valence-corrected chi connectivity index (χ4v) is 2.47. The fourth-order valence-electron chi connectivity index (χ4n) is 2.47. The number of aryl methyl sites for hydroxylation is 2. The van der Waals surface area contributed by atoms with Crippen molar-refractivity contribution in [2.75, 3.05) is 5.32 Å². The molecule has 0 aliphatic rings. The van der Waals surface area contributed by atoms with Crippen LogP contribution in [0.4, 0.5) is 5.69 Å². The minimum absolute atomic E-state index is 0.201. The van der Waals surface area contributed by atoms with Crippen LogP contribution in [-0.2, 0) is 0 Å². The molecule has 1 aromatic heterocycles. The summed E-state index contributed by atoms with van der Waals surface area (Å²) in [7, 11) is 0. The van der Waals surface area contributed by atoms with Crippen molar-refractivity contribution in [3.8, 4) is 17.3 Å². The van der Waals surface area contributed by atoms with Crippen LogP contribution in [0.15, 0.2) is 60.8 Å². The summed E-state index contributed by atoms with van der Waals surface area (Å²) in [5.74, 6) is -0.201. The third kappa shape index (κ3) is 3.73. The molecule has 122 valence electrons. The highest BCUT2D eigenvalue weighted by molar-refractivity contribution is 6.04. The molecule has 0 atom stereocenters. The maximum Gasteiger partial charge on any atom is 0.257 e. The molecule has 25 heavy (non-hydrogen) atoms. The summed E-state index contributed by atoms with van der Waals surface area (Å²) in [5, 5.41) is 11.9. The van der Waals surface area contributed by atoms with Gasteiger partial charge in [0.05, 0.1) is 22.9 Å². The second kappa shape index (κ2) is 6.98. The van der Waals surface area contributed by atoms with Gasteiger partial charge in [-0.15, -0.1) is 0 Å². The van der Waals surface area contributed by atoms with E-state index < -0.39 is 0 Å². The van der Waals surface area contributed by atoms with E-state index in [1.54, 1.807) is 30.5 Å². The molecule has 0 aliphatic heterocycles. The van der Waals surface area contributed by atoms with Crippen LogP contribution in [0.3, 0.4) is 0 Å². The quantitative estimate of drug-likeness (QED) is 0.771. The van der Waals surface area contributed by atoms with Crippen molar-refractivity contribution in [1.29, 1.82) is 5.26 Å². The van der Waals surface area contributed by atoms with Gasteiger partial charge in [0.15, 0.2) is 0 Å². The normalized spacial score (nSPS) is 10.1. The lowest BCUT2D eigenvalue weighted by Crippen LogP contribution is -2.12. The average Bonchev–Trinajstić information content (AvgIpc) is 2.65. The minimum Gasteiger partial charge on any atom is -0.322 e. The van der Waals surface area contributed by atoms with Gasteiger partial charge in [-0.2, -0.15) is 5.26 Å². The Kier molecular flexibility index (Phi) is 4.58. The zero-order valence-corrected chi connectivity index (χ0v) is 14.1. The average molecular weight is 327 g/mol. The maximum absolute atomic E-state index is 12.4. The number of nitrogens with zero attached hydrogens (tertiary/aromatic N) is 2. The molecule has 4 nitrogen and oxygen atoms in total. The molecule has 1 amide bonds. The van der Waals surface area contributed by atoms with E-state index >= 15 is 0 Å². The highest BCUT2D eigenvalue weighted by atomic mass is 16.1. The third-order valence-electron chi connectivity index (χ3n) is 4.08. The van der Waals surface area contributed by atoms with E-state index in [4.69, 9.17) is 5.26 Å². The number of hydrogen-bond donors (Lipinski definition) is 1. The van der Waals surface area contributed by atoms with Gasteiger partial charge in [-0.1, -0.05) is 18.2 Å².